The first-order valence-electron chi connectivity index (χ1n) is 5.90. The van der Waals surface area contributed by atoms with Crippen LogP contribution in [0.1, 0.15) is 46.5 Å². The lowest BCUT2D eigenvalue weighted by Gasteiger charge is -2.38. The quantitative estimate of drug-likeness (QED) is 0.586. The van der Waals surface area contributed by atoms with Gasteiger partial charge in [-0.2, -0.15) is 0 Å². The van der Waals surface area contributed by atoms with Crippen molar-refractivity contribution in [2.45, 2.75) is 46.5 Å². The maximum Gasteiger partial charge on any atom is 0.181 e. The van der Waals surface area contributed by atoms with Crippen LogP contribution >= 0.6 is 0 Å². The van der Waals surface area contributed by atoms with E-state index in [1.54, 1.807) is 6.08 Å². The van der Waals surface area contributed by atoms with Gasteiger partial charge in [-0.15, -0.1) is 0 Å². The van der Waals surface area contributed by atoms with Crippen molar-refractivity contribution in [3.63, 3.8) is 0 Å². The Morgan fingerprint density at radius 3 is 2.56 bits per heavy atom. The van der Waals surface area contributed by atoms with Gasteiger partial charge in [0.1, 0.15) is 5.78 Å². The number of hydrogen-bond acceptors (Lipinski definition) is 2. The summed E-state index contributed by atoms with van der Waals surface area (Å²) in [6, 6.07) is 0. The van der Waals surface area contributed by atoms with Crippen molar-refractivity contribution in [2.24, 2.45) is 5.41 Å². The molecule has 16 heavy (non-hydrogen) atoms. The Hall–Kier alpha value is -1.18. The fourth-order valence-corrected chi connectivity index (χ4v) is 2.72. The van der Waals surface area contributed by atoms with Crippen molar-refractivity contribution in [3.8, 4) is 0 Å². The number of carbonyl (C=O) groups excluding carboxylic acids is 2. The van der Waals surface area contributed by atoms with Crippen molar-refractivity contribution >= 4 is 11.6 Å². The van der Waals surface area contributed by atoms with E-state index in [0.29, 0.717) is 18.6 Å². The van der Waals surface area contributed by atoms with Gasteiger partial charge in [0.15, 0.2) is 5.78 Å². The van der Waals surface area contributed by atoms with E-state index in [2.05, 4.69) is 0 Å². The van der Waals surface area contributed by atoms with Crippen molar-refractivity contribution < 1.29 is 9.59 Å². The molecule has 86 valence electrons. The zero-order valence-corrected chi connectivity index (χ0v) is 10.2. The van der Waals surface area contributed by atoms with E-state index in [0.717, 1.165) is 29.6 Å². The fraction of sp³-hybridized carbons (Fsp3) is 0.571. The molecule has 2 aliphatic carbocycles. The Kier molecular flexibility index (Phi) is 2.61. The zero-order valence-electron chi connectivity index (χ0n) is 10.2. The summed E-state index contributed by atoms with van der Waals surface area (Å²) >= 11 is 0. The number of fused-ring (bicyclic) bond motifs is 1. The summed E-state index contributed by atoms with van der Waals surface area (Å²) in [7, 11) is 0. The third-order valence-corrected chi connectivity index (χ3v) is 3.91. The first kappa shape index (κ1) is 11.3. The minimum atomic E-state index is -0.390. The molecule has 0 saturated heterocycles. The van der Waals surface area contributed by atoms with Gasteiger partial charge in [-0.25, -0.2) is 0 Å². The Morgan fingerprint density at radius 2 is 1.94 bits per heavy atom. The molecule has 1 atom stereocenters. The lowest BCUT2D eigenvalue weighted by Crippen LogP contribution is -2.37. The Labute approximate surface area is 96.4 Å². The van der Waals surface area contributed by atoms with Crippen LogP contribution in [0.25, 0.3) is 0 Å². The van der Waals surface area contributed by atoms with E-state index in [1.807, 2.05) is 20.8 Å². The molecule has 0 N–H and O–H groups in total. The van der Waals surface area contributed by atoms with Gasteiger partial charge in [-0.3, -0.25) is 9.59 Å². The number of allylic oxidation sites excluding steroid dienone is 4. The van der Waals surface area contributed by atoms with Crippen molar-refractivity contribution in [2.75, 3.05) is 0 Å². The molecule has 1 unspecified atom stereocenters. The van der Waals surface area contributed by atoms with Crippen LogP contribution in [-0.2, 0) is 9.59 Å². The lowest BCUT2D eigenvalue weighted by molar-refractivity contribution is -0.127. The van der Waals surface area contributed by atoms with E-state index >= 15 is 0 Å². The average Bonchev–Trinajstić information content (AvgIpc) is 2.20. The highest BCUT2D eigenvalue weighted by Crippen LogP contribution is 2.46. The van der Waals surface area contributed by atoms with Gasteiger partial charge in [0.2, 0.25) is 0 Å². The number of rotatable bonds is 0. The van der Waals surface area contributed by atoms with Gasteiger partial charge in [0, 0.05) is 6.42 Å². The van der Waals surface area contributed by atoms with Crippen molar-refractivity contribution in [1.82, 2.24) is 0 Å². The summed E-state index contributed by atoms with van der Waals surface area (Å²) in [5, 5.41) is 0. The number of ketones is 2. The van der Waals surface area contributed by atoms with E-state index in [4.69, 9.17) is 0 Å². The van der Waals surface area contributed by atoms with Crippen LogP contribution in [-0.4, -0.2) is 11.6 Å². The minimum Gasteiger partial charge on any atom is -0.299 e. The summed E-state index contributed by atoms with van der Waals surface area (Å²) < 4.78 is 0. The zero-order chi connectivity index (χ0) is 11.9. The Bertz CT molecular complexity index is 422. The lowest BCUT2D eigenvalue weighted by atomic mass is 9.63. The molecule has 2 heteroatoms. The maximum absolute atomic E-state index is 12.1. The topological polar surface area (TPSA) is 34.1 Å². The molecule has 1 saturated carbocycles. The fourth-order valence-electron chi connectivity index (χ4n) is 2.72. The van der Waals surface area contributed by atoms with Gasteiger partial charge >= 0.3 is 0 Å². The van der Waals surface area contributed by atoms with E-state index < -0.39 is 5.41 Å². The van der Waals surface area contributed by atoms with Gasteiger partial charge in [-0.05, 0) is 51.7 Å². The predicted octanol–water partition coefficient (Wildman–Crippen LogP) is 2.98. The average molecular weight is 218 g/mol. The van der Waals surface area contributed by atoms with Crippen LogP contribution in [0.3, 0.4) is 0 Å². The van der Waals surface area contributed by atoms with Crippen LogP contribution in [0.5, 0.6) is 0 Å². The molecule has 0 aliphatic heterocycles. The largest absolute Gasteiger partial charge is 0.299 e. The second-order valence-corrected chi connectivity index (χ2v) is 5.30. The summed E-state index contributed by atoms with van der Waals surface area (Å²) in [5.41, 5.74) is 2.54. The van der Waals surface area contributed by atoms with Gasteiger partial charge in [0.25, 0.3) is 0 Å². The molecule has 0 radical (unpaired) electrons. The molecule has 2 rings (SSSR count). The number of hydrogen-bond donors (Lipinski definition) is 0. The first-order chi connectivity index (χ1) is 7.45. The maximum atomic E-state index is 12.1. The predicted molar refractivity (Wildman–Crippen MR) is 63.0 cm³/mol. The van der Waals surface area contributed by atoms with Crippen LogP contribution < -0.4 is 0 Å². The second-order valence-electron chi connectivity index (χ2n) is 5.30. The number of carbonyl (C=O) groups is 2. The standard InChI is InChI=1S/C14H18O2/c1-9(2)11-8-14(3)10(7-12(11)15)5-4-6-13(14)16/h7H,4-6,8H2,1-3H3. The Balaban J connectivity index is 2.50. The molecule has 0 heterocycles. The van der Waals surface area contributed by atoms with Crippen molar-refractivity contribution in [1.29, 1.82) is 0 Å². The third kappa shape index (κ3) is 1.57. The summed E-state index contributed by atoms with van der Waals surface area (Å²) in [5.74, 6) is 0.415. The highest BCUT2D eigenvalue weighted by atomic mass is 16.1. The molecule has 2 aliphatic rings. The highest BCUT2D eigenvalue weighted by molar-refractivity contribution is 6.08. The molecule has 0 amide bonds. The molecule has 0 bridgehead atoms. The van der Waals surface area contributed by atoms with E-state index in [-0.39, 0.29) is 5.78 Å². The molecule has 2 nitrogen and oxygen atoms in total. The van der Waals surface area contributed by atoms with Crippen LogP contribution in [0, 0.1) is 5.41 Å². The first-order valence-corrected chi connectivity index (χ1v) is 5.90. The molecule has 1 fully saturated rings. The van der Waals surface area contributed by atoms with E-state index in [1.165, 1.54) is 0 Å². The monoisotopic (exact) mass is 218 g/mol. The summed E-state index contributed by atoms with van der Waals surface area (Å²) in [6.07, 6.45) is 4.79. The molecule has 0 aromatic carbocycles. The minimum absolute atomic E-state index is 0.113. The van der Waals surface area contributed by atoms with Crippen molar-refractivity contribution in [3.05, 3.63) is 22.8 Å². The third-order valence-electron chi connectivity index (χ3n) is 3.91. The van der Waals surface area contributed by atoms with Gasteiger partial charge in [0.05, 0.1) is 5.41 Å². The van der Waals surface area contributed by atoms with Crippen LogP contribution in [0.2, 0.25) is 0 Å². The molecular weight excluding hydrogens is 200 g/mol. The SMILES string of the molecule is CC(C)=C1CC2(C)C(=O)CCCC2=CC1=O. The molecular formula is C14H18O2. The number of Topliss-reactive ketones (excluding diaryl/α,β-unsaturated/α-hetero) is 1. The second kappa shape index (κ2) is 3.69. The van der Waals surface area contributed by atoms with Crippen LogP contribution in [0.4, 0.5) is 0 Å². The van der Waals surface area contributed by atoms with Gasteiger partial charge in [-0.1, -0.05) is 11.1 Å². The molecule has 0 spiro atoms. The molecule has 0 aromatic rings. The normalized spacial score (nSPS) is 29.9. The smallest absolute Gasteiger partial charge is 0.181 e. The van der Waals surface area contributed by atoms with Crippen LogP contribution in [0.15, 0.2) is 22.8 Å². The highest BCUT2D eigenvalue weighted by Gasteiger charge is 2.43. The van der Waals surface area contributed by atoms with Gasteiger partial charge < -0.3 is 0 Å². The summed E-state index contributed by atoms with van der Waals surface area (Å²) in [4.78, 5) is 23.9. The summed E-state index contributed by atoms with van der Waals surface area (Å²) in [6.45, 7) is 5.89. The molecule has 0 aromatic heterocycles. The Morgan fingerprint density at radius 1 is 1.25 bits per heavy atom. The van der Waals surface area contributed by atoms with E-state index in [9.17, 15) is 9.59 Å².